The lowest BCUT2D eigenvalue weighted by Crippen LogP contribution is -2.23. The second kappa shape index (κ2) is 5.96. The molecule has 0 aliphatic carbocycles. The standard InChI is InChI=1S/C13H15N3O4/c1-18-11-5-9(10(14)6-12(11)19-2)13(17)15-7-8-3-4-16-20-8/h3-6H,7,14H2,1-2H3,(H,15,17). The number of hydrogen-bond acceptors (Lipinski definition) is 6. The van der Waals surface area contributed by atoms with E-state index in [-0.39, 0.29) is 12.5 Å². The lowest BCUT2D eigenvalue weighted by Gasteiger charge is -2.12. The molecule has 1 aromatic heterocycles. The quantitative estimate of drug-likeness (QED) is 0.797. The van der Waals surface area contributed by atoms with Gasteiger partial charge in [-0.25, -0.2) is 0 Å². The first-order valence-corrected chi connectivity index (χ1v) is 5.85. The van der Waals surface area contributed by atoms with Crippen molar-refractivity contribution in [2.24, 2.45) is 0 Å². The molecule has 0 aliphatic rings. The highest BCUT2D eigenvalue weighted by Crippen LogP contribution is 2.31. The monoisotopic (exact) mass is 277 g/mol. The highest BCUT2D eigenvalue weighted by Gasteiger charge is 2.15. The predicted molar refractivity (Wildman–Crippen MR) is 71.6 cm³/mol. The van der Waals surface area contributed by atoms with Crippen LogP contribution in [0.1, 0.15) is 16.1 Å². The van der Waals surface area contributed by atoms with Gasteiger partial charge in [0.05, 0.1) is 32.5 Å². The minimum atomic E-state index is -0.333. The Morgan fingerprint density at radius 1 is 1.35 bits per heavy atom. The van der Waals surface area contributed by atoms with Crippen LogP contribution in [0, 0.1) is 0 Å². The maximum Gasteiger partial charge on any atom is 0.253 e. The van der Waals surface area contributed by atoms with Crippen LogP contribution in [0.15, 0.2) is 28.9 Å². The van der Waals surface area contributed by atoms with Gasteiger partial charge in [0, 0.05) is 17.8 Å². The van der Waals surface area contributed by atoms with Gasteiger partial charge in [-0.2, -0.15) is 0 Å². The highest BCUT2D eigenvalue weighted by molar-refractivity contribution is 6.00. The van der Waals surface area contributed by atoms with E-state index in [0.29, 0.717) is 28.5 Å². The van der Waals surface area contributed by atoms with Crippen LogP contribution >= 0.6 is 0 Å². The molecule has 7 nitrogen and oxygen atoms in total. The largest absolute Gasteiger partial charge is 0.493 e. The molecule has 0 atom stereocenters. The Morgan fingerprint density at radius 2 is 2.05 bits per heavy atom. The van der Waals surface area contributed by atoms with Gasteiger partial charge in [-0.3, -0.25) is 4.79 Å². The van der Waals surface area contributed by atoms with Crippen LogP contribution in [0.3, 0.4) is 0 Å². The Hall–Kier alpha value is -2.70. The Morgan fingerprint density at radius 3 is 2.65 bits per heavy atom. The zero-order chi connectivity index (χ0) is 14.5. The molecular formula is C13H15N3O4. The number of aromatic nitrogens is 1. The summed E-state index contributed by atoms with van der Waals surface area (Å²) in [6.07, 6.45) is 1.51. The van der Waals surface area contributed by atoms with Crippen LogP contribution in [0.5, 0.6) is 11.5 Å². The summed E-state index contributed by atoms with van der Waals surface area (Å²) in [5, 5.41) is 6.23. The van der Waals surface area contributed by atoms with Gasteiger partial charge in [-0.15, -0.1) is 0 Å². The van der Waals surface area contributed by atoms with Gasteiger partial charge in [-0.05, 0) is 6.07 Å². The number of nitrogens with zero attached hydrogens (tertiary/aromatic N) is 1. The average Bonchev–Trinajstić information content (AvgIpc) is 2.97. The van der Waals surface area contributed by atoms with Crippen LogP contribution in [0.4, 0.5) is 5.69 Å². The Labute approximate surface area is 115 Å². The number of nitrogen functional groups attached to an aromatic ring is 1. The summed E-state index contributed by atoms with van der Waals surface area (Å²) in [4.78, 5) is 12.1. The van der Waals surface area contributed by atoms with Gasteiger partial charge in [-0.1, -0.05) is 5.16 Å². The van der Waals surface area contributed by atoms with Crippen molar-refractivity contribution in [3.8, 4) is 11.5 Å². The van der Waals surface area contributed by atoms with E-state index in [1.807, 2.05) is 0 Å². The third-order valence-corrected chi connectivity index (χ3v) is 2.71. The Balaban J connectivity index is 2.16. The number of benzene rings is 1. The van der Waals surface area contributed by atoms with Crippen molar-refractivity contribution < 1.29 is 18.8 Å². The molecule has 1 amide bonds. The SMILES string of the molecule is COc1cc(N)c(C(=O)NCc2ccno2)cc1OC. The van der Waals surface area contributed by atoms with Gasteiger partial charge in [0.15, 0.2) is 17.3 Å². The maximum atomic E-state index is 12.1. The molecule has 2 aromatic rings. The molecule has 0 saturated heterocycles. The number of amides is 1. The number of methoxy groups -OCH3 is 2. The number of carbonyl (C=O) groups excluding carboxylic acids is 1. The normalized spacial score (nSPS) is 10.1. The first-order valence-electron chi connectivity index (χ1n) is 5.85. The van der Waals surface area contributed by atoms with E-state index in [2.05, 4.69) is 10.5 Å². The second-order valence-corrected chi connectivity index (χ2v) is 3.96. The van der Waals surface area contributed by atoms with E-state index in [1.165, 1.54) is 26.5 Å². The molecule has 0 fully saturated rings. The summed E-state index contributed by atoms with van der Waals surface area (Å²) in [6.45, 7) is 0.229. The minimum Gasteiger partial charge on any atom is -0.493 e. The first-order chi connectivity index (χ1) is 9.65. The van der Waals surface area contributed by atoms with E-state index >= 15 is 0 Å². The average molecular weight is 277 g/mol. The van der Waals surface area contributed by atoms with E-state index in [1.54, 1.807) is 12.1 Å². The molecule has 3 N–H and O–H groups in total. The molecule has 0 spiro atoms. The predicted octanol–water partition coefficient (Wildman–Crippen LogP) is 1.20. The molecular weight excluding hydrogens is 262 g/mol. The number of ether oxygens (including phenoxy) is 2. The molecule has 0 unspecified atom stereocenters. The molecule has 2 rings (SSSR count). The number of carbonyl (C=O) groups is 1. The molecule has 0 bridgehead atoms. The van der Waals surface area contributed by atoms with Crippen LogP contribution in [-0.4, -0.2) is 25.3 Å². The molecule has 1 aromatic carbocycles. The van der Waals surface area contributed by atoms with Crippen LogP contribution in [-0.2, 0) is 6.54 Å². The van der Waals surface area contributed by atoms with Gasteiger partial charge >= 0.3 is 0 Å². The van der Waals surface area contributed by atoms with Crippen molar-refractivity contribution in [2.45, 2.75) is 6.54 Å². The summed E-state index contributed by atoms with van der Waals surface area (Å²) >= 11 is 0. The van der Waals surface area contributed by atoms with Gasteiger partial charge < -0.3 is 25.0 Å². The molecule has 0 saturated carbocycles. The number of nitrogens with one attached hydrogen (secondary N) is 1. The number of nitrogens with two attached hydrogens (primary N) is 1. The van der Waals surface area contributed by atoms with Crippen LogP contribution in [0.2, 0.25) is 0 Å². The molecule has 7 heteroatoms. The lowest BCUT2D eigenvalue weighted by molar-refractivity contribution is 0.0947. The van der Waals surface area contributed by atoms with E-state index in [4.69, 9.17) is 19.7 Å². The summed E-state index contributed by atoms with van der Waals surface area (Å²) < 4.78 is 15.1. The van der Waals surface area contributed by atoms with E-state index in [9.17, 15) is 4.79 Å². The van der Waals surface area contributed by atoms with Crippen molar-refractivity contribution in [2.75, 3.05) is 20.0 Å². The van der Waals surface area contributed by atoms with Crippen molar-refractivity contribution in [1.82, 2.24) is 10.5 Å². The summed E-state index contributed by atoms with van der Waals surface area (Å²) in [6, 6.07) is 4.74. The van der Waals surface area contributed by atoms with Crippen molar-refractivity contribution in [3.05, 3.63) is 35.7 Å². The minimum absolute atomic E-state index is 0.229. The fourth-order valence-electron chi connectivity index (χ4n) is 1.69. The zero-order valence-corrected chi connectivity index (χ0v) is 11.2. The van der Waals surface area contributed by atoms with Gasteiger partial charge in [0.1, 0.15) is 0 Å². The van der Waals surface area contributed by atoms with Crippen molar-refractivity contribution >= 4 is 11.6 Å². The maximum absolute atomic E-state index is 12.1. The molecule has 20 heavy (non-hydrogen) atoms. The van der Waals surface area contributed by atoms with Crippen molar-refractivity contribution in [1.29, 1.82) is 0 Å². The molecule has 0 radical (unpaired) electrons. The Bertz CT molecular complexity index is 596. The fourth-order valence-corrected chi connectivity index (χ4v) is 1.69. The molecule has 106 valence electrons. The summed E-state index contributed by atoms with van der Waals surface area (Å²) in [7, 11) is 2.99. The Kier molecular flexibility index (Phi) is 4.09. The fraction of sp³-hybridized carbons (Fsp3) is 0.231. The number of hydrogen-bond donors (Lipinski definition) is 2. The second-order valence-electron chi connectivity index (χ2n) is 3.96. The van der Waals surface area contributed by atoms with Crippen molar-refractivity contribution in [3.63, 3.8) is 0 Å². The third-order valence-electron chi connectivity index (χ3n) is 2.71. The smallest absolute Gasteiger partial charge is 0.253 e. The first kappa shape index (κ1) is 13.7. The van der Waals surface area contributed by atoms with E-state index in [0.717, 1.165) is 0 Å². The topological polar surface area (TPSA) is 99.6 Å². The lowest BCUT2D eigenvalue weighted by atomic mass is 10.1. The number of anilines is 1. The summed E-state index contributed by atoms with van der Waals surface area (Å²) in [5.41, 5.74) is 6.45. The van der Waals surface area contributed by atoms with Crippen LogP contribution < -0.4 is 20.5 Å². The highest BCUT2D eigenvalue weighted by atomic mass is 16.5. The summed E-state index contributed by atoms with van der Waals surface area (Å²) in [5.74, 6) is 1.13. The van der Waals surface area contributed by atoms with Gasteiger partial charge in [0.25, 0.3) is 5.91 Å². The van der Waals surface area contributed by atoms with Crippen LogP contribution in [0.25, 0.3) is 0 Å². The van der Waals surface area contributed by atoms with Gasteiger partial charge in [0.2, 0.25) is 0 Å². The molecule has 1 heterocycles. The third kappa shape index (κ3) is 2.82. The molecule has 0 aliphatic heterocycles. The number of rotatable bonds is 5. The zero-order valence-electron chi connectivity index (χ0n) is 11.2. The van der Waals surface area contributed by atoms with E-state index < -0.39 is 0 Å².